The summed E-state index contributed by atoms with van der Waals surface area (Å²) in [7, 11) is -17.6. The summed E-state index contributed by atoms with van der Waals surface area (Å²) in [5.74, 6) is -3.75. The van der Waals surface area contributed by atoms with E-state index in [9.17, 15) is 50.1 Å². The zero-order valence-electron chi connectivity index (χ0n) is 15.3. The Balaban J connectivity index is 2.19. The maximum atomic E-state index is 14.7. The highest BCUT2D eigenvalue weighted by Crippen LogP contribution is 2.66. The number of nitrogens with zero attached hydrogens (tertiary/aromatic N) is 1. The van der Waals surface area contributed by atoms with E-state index in [4.69, 9.17) is 14.7 Å². The highest BCUT2D eigenvalue weighted by atomic mass is 31.3. The zero-order valence-corrected chi connectivity index (χ0v) is 18.0. The average Bonchev–Trinajstić information content (AvgIpc) is 2.84. The number of hydrogen-bond acceptors (Lipinski definition) is 9. The molecule has 0 aromatic carbocycles. The topological polar surface area (TPSA) is 224 Å². The first-order valence-electron chi connectivity index (χ1n) is 7.86. The Labute approximate surface area is 177 Å². The number of H-pyrrole nitrogens is 1. The van der Waals surface area contributed by atoms with Crippen LogP contribution in [0.25, 0.3) is 0 Å². The molecule has 0 saturated carbocycles. The van der Waals surface area contributed by atoms with Crippen molar-refractivity contribution in [3.05, 3.63) is 32.6 Å². The average molecular weight is 556 g/mol. The number of ether oxygens (including phenoxy) is 1. The monoisotopic (exact) mass is 556 g/mol. The van der Waals surface area contributed by atoms with Gasteiger partial charge in [-0.3, -0.25) is 18.9 Å². The van der Waals surface area contributed by atoms with E-state index in [0.717, 1.165) is 0 Å². The molecule has 0 aliphatic carbocycles. The van der Waals surface area contributed by atoms with Gasteiger partial charge in [-0.15, -0.1) is 0 Å². The molecule has 0 spiro atoms. The van der Waals surface area contributed by atoms with Gasteiger partial charge >= 0.3 is 35.3 Å². The fourth-order valence-electron chi connectivity index (χ4n) is 2.37. The first-order valence-corrected chi connectivity index (χ1v) is 12.4. The molecule has 1 saturated heterocycles. The normalized spacial score (nSPS) is 27.8. The summed E-state index contributed by atoms with van der Waals surface area (Å²) in [6.45, 7) is -1.93. The maximum absolute atomic E-state index is 14.7. The van der Waals surface area contributed by atoms with Crippen molar-refractivity contribution in [2.24, 2.45) is 0 Å². The Morgan fingerprint density at radius 2 is 1.73 bits per heavy atom. The molecular weight excluding hydrogens is 544 g/mol. The van der Waals surface area contributed by atoms with Gasteiger partial charge in [0.05, 0.1) is 0 Å². The second kappa shape index (κ2) is 9.05. The molecule has 33 heavy (non-hydrogen) atoms. The lowest BCUT2D eigenvalue weighted by Crippen LogP contribution is -2.38. The third-order valence-corrected chi connectivity index (χ3v) is 7.41. The lowest BCUT2D eigenvalue weighted by molar-refractivity contribution is -0.194. The van der Waals surface area contributed by atoms with Crippen LogP contribution in [0.1, 0.15) is 18.2 Å². The SMILES string of the molecule is O=c1[nH]c(=O)n([C@H]2C[C@H](F)[C@@](F)(COP(=O)(O)OP(=O)(O)OP(=O)(O)O)O2)cc1C(F)(F)F. The molecule has 1 fully saturated rings. The van der Waals surface area contributed by atoms with Crippen molar-refractivity contribution in [3.63, 3.8) is 0 Å². The number of phosphoric acid groups is 3. The lowest BCUT2D eigenvalue weighted by atomic mass is 10.2. The van der Waals surface area contributed by atoms with E-state index < -0.39 is 77.7 Å². The van der Waals surface area contributed by atoms with Gasteiger partial charge in [0, 0.05) is 12.6 Å². The van der Waals surface area contributed by atoms with Crippen molar-refractivity contribution in [2.45, 2.75) is 30.9 Å². The first kappa shape index (κ1) is 27.9. The van der Waals surface area contributed by atoms with Gasteiger partial charge in [-0.1, -0.05) is 0 Å². The Morgan fingerprint density at radius 3 is 2.24 bits per heavy atom. The van der Waals surface area contributed by atoms with Crippen molar-refractivity contribution in [2.75, 3.05) is 6.61 Å². The highest BCUT2D eigenvalue weighted by Gasteiger charge is 2.54. The quantitative estimate of drug-likeness (QED) is 0.221. The van der Waals surface area contributed by atoms with Crippen LogP contribution >= 0.6 is 23.5 Å². The summed E-state index contributed by atoms with van der Waals surface area (Å²) in [4.78, 5) is 59.3. The number of aromatic amines is 1. The molecule has 1 aliphatic heterocycles. The fourth-order valence-corrected chi connectivity index (χ4v) is 5.40. The lowest BCUT2D eigenvalue weighted by Gasteiger charge is -2.24. The number of hydrogen-bond donors (Lipinski definition) is 5. The van der Waals surface area contributed by atoms with Crippen LogP contribution in [0.3, 0.4) is 0 Å². The summed E-state index contributed by atoms with van der Waals surface area (Å²) < 4.78 is 116. The minimum Gasteiger partial charge on any atom is -0.317 e. The van der Waals surface area contributed by atoms with Crippen LogP contribution < -0.4 is 11.2 Å². The summed E-state index contributed by atoms with van der Waals surface area (Å²) in [6.07, 6.45) is -11.5. The number of aromatic nitrogens is 2. The van der Waals surface area contributed by atoms with Gasteiger partial charge in [-0.25, -0.2) is 27.3 Å². The molecule has 1 aromatic heterocycles. The van der Waals surface area contributed by atoms with Crippen LogP contribution in [0.15, 0.2) is 15.8 Å². The van der Waals surface area contributed by atoms with E-state index in [2.05, 4.69) is 17.9 Å². The first-order chi connectivity index (χ1) is 14.6. The van der Waals surface area contributed by atoms with Crippen molar-refractivity contribution in [3.8, 4) is 0 Å². The van der Waals surface area contributed by atoms with Crippen molar-refractivity contribution >= 4 is 23.5 Å². The fraction of sp³-hybridized carbons (Fsp3) is 0.600. The number of alkyl halides is 5. The van der Waals surface area contributed by atoms with Crippen LogP contribution in [0.4, 0.5) is 22.0 Å². The van der Waals surface area contributed by atoms with Crippen LogP contribution in [-0.2, 0) is 37.8 Å². The largest absolute Gasteiger partial charge is 0.490 e. The molecule has 5 N–H and O–H groups in total. The third kappa shape index (κ3) is 7.34. The number of halogens is 5. The molecule has 15 nitrogen and oxygen atoms in total. The maximum Gasteiger partial charge on any atom is 0.490 e. The molecule has 2 rings (SSSR count). The molecule has 23 heteroatoms. The Hall–Kier alpha value is -1.30. The van der Waals surface area contributed by atoms with Gasteiger partial charge < -0.3 is 24.3 Å². The Kier molecular flexibility index (Phi) is 7.66. The van der Waals surface area contributed by atoms with Crippen molar-refractivity contribution in [1.29, 1.82) is 0 Å². The second-order valence-corrected chi connectivity index (χ2v) is 10.6. The van der Waals surface area contributed by atoms with Crippen molar-refractivity contribution < 1.29 is 73.1 Å². The van der Waals surface area contributed by atoms with E-state index in [1.54, 1.807) is 0 Å². The molecule has 1 aliphatic rings. The van der Waals surface area contributed by atoms with Gasteiger partial charge in [0.15, 0.2) is 6.17 Å². The molecule has 0 amide bonds. The predicted molar refractivity (Wildman–Crippen MR) is 89.6 cm³/mol. The molecule has 190 valence electrons. The summed E-state index contributed by atoms with van der Waals surface area (Å²) >= 11 is 0. The standard InChI is InChI=1S/C10H12F5N2O13P3/c11-5-1-6(17-2-4(10(13,14)15)7(18)16-8(17)19)28-9(5,12)3-27-32(23,24)30-33(25,26)29-31(20,21)22/h2,5-6H,1,3H2,(H,23,24)(H,25,26)(H,16,18,19)(H2,20,21,22)/t5-,6+,9+/m0/s1. The molecule has 5 atom stereocenters. The molecule has 0 radical (unpaired) electrons. The number of phosphoric ester groups is 1. The summed E-state index contributed by atoms with van der Waals surface area (Å²) in [5, 5.41) is 0. The second-order valence-electron chi connectivity index (χ2n) is 6.13. The highest BCUT2D eigenvalue weighted by molar-refractivity contribution is 7.66. The summed E-state index contributed by atoms with van der Waals surface area (Å²) in [6, 6.07) is 0. The minimum atomic E-state index is -5.97. The molecular formula is C10H12F5N2O13P3. The van der Waals surface area contributed by atoms with Crippen LogP contribution in [0.5, 0.6) is 0 Å². The van der Waals surface area contributed by atoms with E-state index in [1.165, 1.54) is 4.98 Å². The molecule has 2 unspecified atom stereocenters. The van der Waals surface area contributed by atoms with E-state index in [-0.39, 0.29) is 10.8 Å². The third-order valence-electron chi connectivity index (χ3n) is 3.63. The predicted octanol–water partition coefficient (Wildman–Crippen LogP) is 0.821. The van der Waals surface area contributed by atoms with Gasteiger partial charge in [0.2, 0.25) is 0 Å². The van der Waals surface area contributed by atoms with Gasteiger partial charge in [0.1, 0.15) is 18.4 Å². The van der Waals surface area contributed by atoms with Gasteiger partial charge in [-0.05, 0) is 0 Å². The van der Waals surface area contributed by atoms with E-state index >= 15 is 0 Å². The van der Waals surface area contributed by atoms with Crippen LogP contribution in [0.2, 0.25) is 0 Å². The molecule has 0 bridgehead atoms. The Bertz CT molecular complexity index is 1160. The summed E-state index contributed by atoms with van der Waals surface area (Å²) in [5.41, 5.74) is -5.31. The number of nitrogens with one attached hydrogen (secondary N) is 1. The number of rotatable bonds is 8. The van der Waals surface area contributed by atoms with Crippen LogP contribution in [-0.4, -0.2) is 47.8 Å². The van der Waals surface area contributed by atoms with E-state index in [1.807, 2.05) is 0 Å². The van der Waals surface area contributed by atoms with Gasteiger partial charge in [0.25, 0.3) is 11.4 Å². The smallest absolute Gasteiger partial charge is 0.317 e. The van der Waals surface area contributed by atoms with Crippen LogP contribution in [0, 0.1) is 0 Å². The van der Waals surface area contributed by atoms with Gasteiger partial charge in [-0.2, -0.15) is 21.8 Å². The molecule has 1 aromatic rings. The Morgan fingerprint density at radius 1 is 1.15 bits per heavy atom. The minimum absolute atomic E-state index is 0.0109. The zero-order chi connectivity index (χ0) is 25.6. The molecule has 2 heterocycles. The van der Waals surface area contributed by atoms with Crippen molar-refractivity contribution in [1.82, 2.24) is 9.55 Å². The van der Waals surface area contributed by atoms with E-state index in [0.29, 0.717) is 0 Å².